The summed E-state index contributed by atoms with van der Waals surface area (Å²) in [7, 11) is -2.12. The van der Waals surface area contributed by atoms with Gasteiger partial charge in [0, 0.05) is 24.3 Å². The van der Waals surface area contributed by atoms with Crippen LogP contribution in [-0.2, 0) is 20.2 Å². The highest BCUT2D eigenvalue weighted by Gasteiger charge is 2.54. The summed E-state index contributed by atoms with van der Waals surface area (Å²) in [6, 6.07) is 3.62. The van der Waals surface area contributed by atoms with E-state index in [1.165, 1.54) is 7.11 Å². The molecule has 2 aliphatic carbocycles. The number of rotatable bonds is 7. The Morgan fingerprint density at radius 3 is 2.80 bits per heavy atom. The van der Waals surface area contributed by atoms with Gasteiger partial charge in [0.25, 0.3) is 0 Å². The zero-order chi connectivity index (χ0) is 21.5. The molecule has 11 heteroatoms. The van der Waals surface area contributed by atoms with Crippen molar-refractivity contribution in [2.45, 2.75) is 24.7 Å². The van der Waals surface area contributed by atoms with E-state index in [1.54, 1.807) is 16.7 Å². The van der Waals surface area contributed by atoms with E-state index in [1.807, 2.05) is 18.2 Å². The van der Waals surface area contributed by atoms with Crippen LogP contribution in [0.3, 0.4) is 0 Å². The number of fused-ring (bicyclic) bond motifs is 1. The number of hydrogen-bond acceptors (Lipinski definition) is 7. The van der Waals surface area contributed by atoms with Gasteiger partial charge >= 0.3 is 0 Å². The molecule has 0 aliphatic heterocycles. The number of methoxy groups -OCH3 is 1. The summed E-state index contributed by atoms with van der Waals surface area (Å²) in [5, 5.41) is 20.2. The lowest BCUT2D eigenvalue weighted by Gasteiger charge is -2.12. The Balaban J connectivity index is 1.70. The summed E-state index contributed by atoms with van der Waals surface area (Å²) in [5.74, 6) is 0.217. The van der Waals surface area contributed by atoms with Crippen molar-refractivity contribution in [2.75, 3.05) is 19.4 Å². The summed E-state index contributed by atoms with van der Waals surface area (Å²) < 4.78 is 29.3. The summed E-state index contributed by atoms with van der Waals surface area (Å²) in [6.45, 7) is -0.0683. The van der Waals surface area contributed by atoms with Crippen molar-refractivity contribution < 1.29 is 17.9 Å². The number of carbonyl (C=O) groups is 1. The van der Waals surface area contributed by atoms with Crippen molar-refractivity contribution >= 4 is 32.9 Å². The van der Waals surface area contributed by atoms with Crippen LogP contribution in [0.25, 0.3) is 11.2 Å². The normalized spacial score (nSPS) is 17.7. The van der Waals surface area contributed by atoms with Gasteiger partial charge in [-0.05, 0) is 31.1 Å². The molecule has 1 fully saturated rings. The molecule has 2 aromatic heterocycles. The third kappa shape index (κ3) is 3.73. The minimum absolute atomic E-state index is 0.0683. The molecule has 158 valence electrons. The maximum atomic E-state index is 12.8. The molecule has 0 atom stereocenters. The molecule has 2 aromatic rings. The Hall–Kier alpha value is -3.05. The molecule has 4 N–H and O–H groups in total. The maximum Gasteiger partial charge on any atom is 0.234 e. The van der Waals surface area contributed by atoms with Crippen molar-refractivity contribution in [3.8, 4) is 5.75 Å². The van der Waals surface area contributed by atoms with Gasteiger partial charge < -0.3 is 15.5 Å². The van der Waals surface area contributed by atoms with Gasteiger partial charge in [-0.15, -0.1) is 5.10 Å². The highest BCUT2D eigenvalue weighted by molar-refractivity contribution is 7.89. The van der Waals surface area contributed by atoms with Gasteiger partial charge in [0.05, 0.1) is 18.6 Å². The van der Waals surface area contributed by atoms with Gasteiger partial charge in [0.2, 0.25) is 15.9 Å². The largest absolute Gasteiger partial charge is 0.493 e. The topological polar surface area (TPSA) is 153 Å². The first kappa shape index (κ1) is 20.2. The van der Waals surface area contributed by atoms with Crippen LogP contribution in [0.4, 0.5) is 0 Å². The molecule has 1 saturated carbocycles. The number of hydrogen-bond donors (Lipinski definition) is 3. The average Bonchev–Trinajstić information content (AvgIpc) is 3.38. The Labute approximate surface area is 173 Å². The van der Waals surface area contributed by atoms with Crippen molar-refractivity contribution in [1.29, 1.82) is 5.41 Å². The molecule has 1 amide bonds. The highest BCUT2D eigenvalue weighted by atomic mass is 32.2. The van der Waals surface area contributed by atoms with Crippen LogP contribution in [0.1, 0.15) is 30.8 Å². The summed E-state index contributed by atoms with van der Waals surface area (Å²) >= 11 is 0. The third-order valence-corrected chi connectivity index (χ3v) is 5.99. The Morgan fingerprint density at radius 1 is 1.40 bits per heavy atom. The van der Waals surface area contributed by atoms with E-state index in [9.17, 15) is 13.2 Å². The van der Waals surface area contributed by atoms with Crippen LogP contribution in [-0.4, -0.2) is 54.0 Å². The van der Waals surface area contributed by atoms with E-state index in [0.717, 1.165) is 11.3 Å². The maximum absolute atomic E-state index is 12.8. The second-order valence-corrected chi connectivity index (χ2v) is 9.13. The smallest absolute Gasteiger partial charge is 0.234 e. The number of carbonyl (C=O) groups excluding carboxylic acids is 1. The lowest BCUT2D eigenvalue weighted by atomic mass is 10.0. The van der Waals surface area contributed by atoms with Crippen molar-refractivity contribution in [1.82, 2.24) is 19.9 Å². The van der Waals surface area contributed by atoms with Gasteiger partial charge in [0.15, 0.2) is 17.2 Å². The number of pyridine rings is 1. The van der Waals surface area contributed by atoms with E-state index in [4.69, 9.17) is 15.3 Å². The molecule has 0 bridgehead atoms. The number of nitrogens with one attached hydrogen (secondary N) is 2. The molecular weight excluding hydrogens is 408 g/mol. The van der Waals surface area contributed by atoms with Crippen molar-refractivity contribution in [3.63, 3.8) is 0 Å². The van der Waals surface area contributed by atoms with E-state index in [0.29, 0.717) is 42.2 Å². The molecule has 10 nitrogen and oxygen atoms in total. The number of allylic oxidation sites excluding steroid dienone is 4. The Morgan fingerprint density at radius 2 is 2.17 bits per heavy atom. The van der Waals surface area contributed by atoms with Gasteiger partial charge in [0.1, 0.15) is 5.41 Å². The van der Waals surface area contributed by atoms with Crippen LogP contribution in [0.5, 0.6) is 5.75 Å². The number of nitrogens with two attached hydrogens (primary N) is 1. The Kier molecular flexibility index (Phi) is 4.94. The SMILES string of the molecule is COc1ccc(C2=CC(=N)CC=C2)n2nc(C3(C(=O)NCCS(N)(=O)=O)CC3)nc12. The van der Waals surface area contributed by atoms with E-state index < -0.39 is 15.4 Å². The van der Waals surface area contributed by atoms with Gasteiger partial charge in [-0.3, -0.25) is 4.79 Å². The molecular formula is C19H22N6O4S. The molecule has 0 aromatic carbocycles. The van der Waals surface area contributed by atoms with Gasteiger partial charge in [-0.25, -0.2) is 23.1 Å². The number of sulfonamides is 1. The summed E-state index contributed by atoms with van der Waals surface area (Å²) in [4.78, 5) is 17.3. The van der Waals surface area contributed by atoms with Crippen LogP contribution < -0.4 is 15.2 Å². The molecule has 2 aliphatic rings. The minimum atomic E-state index is -3.66. The second-order valence-electron chi connectivity index (χ2n) is 7.39. The van der Waals surface area contributed by atoms with Crippen LogP contribution in [0.2, 0.25) is 0 Å². The standard InChI is InChI=1S/C19H22N6O4S/c1-29-15-6-5-14(12-3-2-4-13(20)11-12)25-16(15)23-17(24-25)19(7-8-19)18(26)22-9-10-30(21,27)28/h2-3,5-6,11,20H,4,7-10H2,1H3,(H,22,26)(H2,21,27,28). The predicted octanol–water partition coefficient (Wildman–Crippen LogP) is 0.537. The lowest BCUT2D eigenvalue weighted by Crippen LogP contribution is -2.38. The fourth-order valence-electron chi connectivity index (χ4n) is 3.44. The molecule has 4 rings (SSSR count). The van der Waals surface area contributed by atoms with E-state index >= 15 is 0 Å². The number of nitrogens with zero attached hydrogens (tertiary/aromatic N) is 3. The first-order valence-corrected chi connectivity index (χ1v) is 11.1. The summed E-state index contributed by atoms with van der Waals surface area (Å²) in [6.07, 6.45) is 7.31. The molecule has 2 heterocycles. The quantitative estimate of drug-likeness (QED) is 0.583. The fourth-order valence-corrected chi connectivity index (χ4v) is 3.83. The molecule has 0 radical (unpaired) electrons. The molecule has 0 spiro atoms. The van der Waals surface area contributed by atoms with Gasteiger partial charge in [-0.2, -0.15) is 0 Å². The number of ether oxygens (including phenoxy) is 1. The number of aromatic nitrogens is 3. The Bertz CT molecular complexity index is 1210. The van der Waals surface area contributed by atoms with Crippen molar-refractivity contribution in [2.24, 2.45) is 5.14 Å². The molecule has 30 heavy (non-hydrogen) atoms. The van der Waals surface area contributed by atoms with Crippen LogP contribution in [0.15, 0.2) is 30.4 Å². The second kappa shape index (κ2) is 7.33. The van der Waals surface area contributed by atoms with Crippen LogP contribution >= 0.6 is 0 Å². The average molecular weight is 430 g/mol. The van der Waals surface area contributed by atoms with E-state index in [2.05, 4.69) is 15.4 Å². The van der Waals surface area contributed by atoms with Crippen LogP contribution in [0, 0.1) is 5.41 Å². The van der Waals surface area contributed by atoms with Crippen molar-refractivity contribution in [3.05, 3.63) is 41.9 Å². The molecule has 0 unspecified atom stereocenters. The third-order valence-electron chi connectivity index (χ3n) is 5.21. The number of amides is 1. The first-order chi connectivity index (χ1) is 14.2. The molecule has 0 saturated heterocycles. The van der Waals surface area contributed by atoms with Gasteiger partial charge in [-0.1, -0.05) is 12.2 Å². The monoisotopic (exact) mass is 430 g/mol. The minimum Gasteiger partial charge on any atom is -0.493 e. The van der Waals surface area contributed by atoms with E-state index in [-0.39, 0.29) is 18.2 Å². The first-order valence-electron chi connectivity index (χ1n) is 9.42. The fraction of sp³-hybridized carbons (Fsp3) is 0.368. The predicted molar refractivity (Wildman–Crippen MR) is 111 cm³/mol. The zero-order valence-corrected chi connectivity index (χ0v) is 17.2. The highest BCUT2D eigenvalue weighted by Crippen LogP contribution is 2.47. The lowest BCUT2D eigenvalue weighted by molar-refractivity contribution is -0.123. The number of primary sulfonamides is 1. The summed E-state index contributed by atoms with van der Waals surface area (Å²) in [5.41, 5.74) is 1.62. The zero-order valence-electron chi connectivity index (χ0n) is 16.4.